The van der Waals surface area contributed by atoms with Crippen LogP contribution in [0.2, 0.25) is 5.02 Å². The fraction of sp³-hybridized carbons (Fsp3) is 0.259. The highest BCUT2D eigenvalue weighted by atomic mass is 35.5. The second kappa shape index (κ2) is 12.1. The molecule has 39 heavy (non-hydrogen) atoms. The molecular formula is C27H26ClFN4O6. The van der Waals surface area contributed by atoms with Crippen molar-refractivity contribution >= 4 is 34.8 Å². The molecule has 0 bridgehead atoms. The normalized spacial score (nSPS) is 13.4. The molecule has 10 nitrogen and oxygen atoms in total. The number of carbonyl (C=O) groups excluding carboxylic acids is 2. The first-order valence-corrected chi connectivity index (χ1v) is 12.3. The summed E-state index contributed by atoms with van der Waals surface area (Å²) in [5, 5.41) is 7.13. The molecule has 0 aliphatic carbocycles. The number of nitrogens with zero attached hydrogens (tertiary/aromatic N) is 2. The minimum Gasteiger partial charge on any atom is -0.495 e. The zero-order valence-electron chi connectivity index (χ0n) is 21.2. The highest BCUT2D eigenvalue weighted by Crippen LogP contribution is 2.35. The van der Waals surface area contributed by atoms with Gasteiger partial charge in [-0.2, -0.15) is 0 Å². The van der Waals surface area contributed by atoms with Gasteiger partial charge in [-0.3, -0.25) is 19.0 Å². The van der Waals surface area contributed by atoms with Gasteiger partial charge >= 0.3 is 0 Å². The Bertz CT molecular complexity index is 1510. The Morgan fingerprint density at radius 1 is 1.18 bits per heavy atom. The summed E-state index contributed by atoms with van der Waals surface area (Å²) in [6, 6.07) is 9.05. The van der Waals surface area contributed by atoms with Gasteiger partial charge in [0, 0.05) is 54.5 Å². The number of rotatable bonds is 10. The number of ether oxygens (including phenoxy) is 2. The largest absolute Gasteiger partial charge is 0.495 e. The molecule has 1 aliphatic rings. The van der Waals surface area contributed by atoms with Gasteiger partial charge in [0.1, 0.15) is 24.2 Å². The third-order valence-corrected chi connectivity index (χ3v) is 6.42. The van der Waals surface area contributed by atoms with Crippen LogP contribution in [0, 0.1) is 5.82 Å². The molecular weight excluding hydrogens is 531 g/mol. The number of carbonyl (C=O) groups is 2. The lowest BCUT2D eigenvalue weighted by Gasteiger charge is -2.22. The van der Waals surface area contributed by atoms with E-state index in [1.165, 1.54) is 43.2 Å². The van der Waals surface area contributed by atoms with Crippen LogP contribution in [0.15, 0.2) is 58.6 Å². The van der Waals surface area contributed by atoms with Crippen LogP contribution in [0.1, 0.15) is 34.8 Å². The number of benzene rings is 2. The number of primary amides is 1. The van der Waals surface area contributed by atoms with Gasteiger partial charge in [-0.15, -0.1) is 0 Å². The molecule has 1 unspecified atom stereocenters. The van der Waals surface area contributed by atoms with E-state index in [4.69, 9.17) is 31.6 Å². The van der Waals surface area contributed by atoms with Crippen LogP contribution in [0.3, 0.4) is 0 Å². The highest BCUT2D eigenvalue weighted by molar-refractivity contribution is 6.31. The molecule has 0 saturated carbocycles. The molecule has 2 amide bonds. The minimum atomic E-state index is -1.04. The van der Waals surface area contributed by atoms with Gasteiger partial charge in [0.25, 0.3) is 11.5 Å². The van der Waals surface area contributed by atoms with Crippen molar-refractivity contribution in [1.82, 2.24) is 4.57 Å². The second-order valence-corrected chi connectivity index (χ2v) is 9.09. The van der Waals surface area contributed by atoms with Crippen molar-refractivity contribution in [3.8, 4) is 16.9 Å². The summed E-state index contributed by atoms with van der Waals surface area (Å²) >= 11 is 6.29. The molecule has 3 N–H and O–H groups in total. The number of oxime groups is 1. The van der Waals surface area contributed by atoms with Crippen LogP contribution < -0.4 is 21.3 Å². The van der Waals surface area contributed by atoms with Crippen molar-refractivity contribution in [3.63, 3.8) is 0 Å². The number of anilines is 1. The van der Waals surface area contributed by atoms with Crippen LogP contribution in [-0.2, 0) is 14.4 Å². The van der Waals surface area contributed by atoms with Gasteiger partial charge < -0.3 is 25.4 Å². The fourth-order valence-electron chi connectivity index (χ4n) is 4.28. The van der Waals surface area contributed by atoms with Crippen LogP contribution >= 0.6 is 11.6 Å². The van der Waals surface area contributed by atoms with E-state index in [1.807, 2.05) is 0 Å². The van der Waals surface area contributed by atoms with Gasteiger partial charge in [0.15, 0.2) is 0 Å². The zero-order valence-corrected chi connectivity index (χ0v) is 22.0. The Balaban J connectivity index is 1.74. The van der Waals surface area contributed by atoms with Crippen molar-refractivity contribution in [1.29, 1.82) is 0 Å². The second-order valence-electron chi connectivity index (χ2n) is 8.66. The monoisotopic (exact) mass is 556 g/mol. The number of hydrogen-bond donors (Lipinski definition) is 2. The summed E-state index contributed by atoms with van der Waals surface area (Å²) in [7, 11) is 2.91. The van der Waals surface area contributed by atoms with E-state index in [-0.39, 0.29) is 24.3 Å². The molecule has 2 heterocycles. The number of halogens is 2. The molecule has 0 fully saturated rings. The summed E-state index contributed by atoms with van der Waals surface area (Å²) in [4.78, 5) is 43.2. The van der Waals surface area contributed by atoms with E-state index in [9.17, 15) is 18.8 Å². The van der Waals surface area contributed by atoms with Crippen molar-refractivity contribution in [2.45, 2.75) is 18.9 Å². The first-order chi connectivity index (χ1) is 18.7. The number of hydrogen-bond acceptors (Lipinski definition) is 7. The number of aromatic nitrogens is 1. The average Bonchev–Trinajstić information content (AvgIpc) is 3.44. The van der Waals surface area contributed by atoms with Gasteiger partial charge in [-0.05, 0) is 35.9 Å². The predicted molar refractivity (Wildman–Crippen MR) is 144 cm³/mol. The quantitative estimate of drug-likeness (QED) is 0.390. The average molecular weight is 557 g/mol. The van der Waals surface area contributed by atoms with Gasteiger partial charge in [0.05, 0.1) is 24.6 Å². The lowest BCUT2D eigenvalue weighted by molar-refractivity contribution is -0.119. The maximum atomic E-state index is 14.2. The molecule has 12 heteroatoms. The Kier molecular flexibility index (Phi) is 8.62. The summed E-state index contributed by atoms with van der Waals surface area (Å²) < 4.78 is 26.3. The van der Waals surface area contributed by atoms with Gasteiger partial charge in [-0.25, -0.2) is 4.39 Å². The van der Waals surface area contributed by atoms with E-state index in [1.54, 1.807) is 18.2 Å². The maximum absolute atomic E-state index is 14.2. The molecule has 1 aromatic heterocycles. The van der Waals surface area contributed by atoms with Crippen LogP contribution in [0.5, 0.6) is 5.75 Å². The summed E-state index contributed by atoms with van der Waals surface area (Å²) in [5.74, 6) is -2.11. The van der Waals surface area contributed by atoms with E-state index in [2.05, 4.69) is 10.5 Å². The Morgan fingerprint density at radius 3 is 2.62 bits per heavy atom. The fourth-order valence-corrected chi connectivity index (χ4v) is 4.45. The standard InChI is InChI=1S/C27H26ClFN4O6/c1-37-9-8-23(27(36)31-16-4-6-18(26(30)35)21(29)12-16)33-14-24(38-2)20(13-25(33)34)19-11-15(28)3-5-17(19)22-7-10-39-32-22/h3-6,11-14,23H,7-10H2,1-2H3,(H2,30,35)(H,31,36). The SMILES string of the molecule is COCCC(C(=O)Nc1ccc(C(N)=O)c(F)c1)n1cc(OC)c(-c2cc(Cl)ccc2C2=NOCC2)cc1=O. The van der Waals surface area contributed by atoms with Crippen molar-refractivity contribution in [2.75, 3.05) is 32.8 Å². The lowest BCUT2D eigenvalue weighted by atomic mass is 9.95. The van der Waals surface area contributed by atoms with E-state index < -0.39 is 29.2 Å². The molecule has 0 spiro atoms. The van der Waals surface area contributed by atoms with E-state index in [0.29, 0.717) is 40.6 Å². The lowest BCUT2D eigenvalue weighted by Crippen LogP contribution is -2.34. The first-order valence-electron chi connectivity index (χ1n) is 11.9. The number of methoxy groups -OCH3 is 2. The topological polar surface area (TPSA) is 134 Å². The van der Waals surface area contributed by atoms with Crippen molar-refractivity contribution < 1.29 is 28.3 Å². The number of pyridine rings is 1. The predicted octanol–water partition coefficient (Wildman–Crippen LogP) is 3.76. The minimum absolute atomic E-state index is 0.0877. The van der Waals surface area contributed by atoms with Crippen LogP contribution in [0.25, 0.3) is 11.1 Å². The van der Waals surface area contributed by atoms with Crippen LogP contribution in [0.4, 0.5) is 10.1 Å². The first kappa shape index (κ1) is 27.8. The van der Waals surface area contributed by atoms with Crippen molar-refractivity contribution in [3.05, 3.63) is 81.0 Å². The number of nitrogens with two attached hydrogens (primary N) is 1. The molecule has 204 valence electrons. The summed E-state index contributed by atoms with van der Waals surface area (Å²) in [6.45, 7) is 0.601. The Hall–Kier alpha value is -4.22. The Labute approximate surface area is 228 Å². The van der Waals surface area contributed by atoms with Gasteiger partial charge in [0.2, 0.25) is 5.91 Å². The van der Waals surface area contributed by atoms with Crippen molar-refractivity contribution in [2.24, 2.45) is 10.9 Å². The number of nitrogens with one attached hydrogen (secondary N) is 1. The molecule has 0 saturated heterocycles. The summed E-state index contributed by atoms with van der Waals surface area (Å²) in [6.07, 6.45) is 2.16. The highest BCUT2D eigenvalue weighted by Gasteiger charge is 2.25. The number of amides is 2. The van der Waals surface area contributed by atoms with Gasteiger partial charge in [-0.1, -0.05) is 22.8 Å². The van der Waals surface area contributed by atoms with Crippen LogP contribution in [-0.4, -0.2) is 49.5 Å². The third-order valence-electron chi connectivity index (χ3n) is 6.19. The maximum Gasteiger partial charge on any atom is 0.252 e. The molecule has 1 aliphatic heterocycles. The third kappa shape index (κ3) is 6.10. The smallest absolute Gasteiger partial charge is 0.252 e. The summed E-state index contributed by atoms with van der Waals surface area (Å²) in [5.41, 5.74) is 6.96. The van der Waals surface area contributed by atoms with E-state index >= 15 is 0 Å². The molecule has 4 rings (SSSR count). The Morgan fingerprint density at radius 2 is 1.97 bits per heavy atom. The molecule has 0 radical (unpaired) electrons. The van der Waals surface area contributed by atoms with E-state index in [0.717, 1.165) is 11.6 Å². The molecule has 2 aromatic carbocycles. The molecule has 1 atom stereocenters. The molecule has 3 aromatic rings. The zero-order chi connectivity index (χ0) is 28.1.